The molecule has 2 rings (SSSR count). The molecule has 1 fully saturated rings. The van der Waals surface area contributed by atoms with E-state index in [1.165, 1.54) is 43.8 Å². The Morgan fingerprint density at radius 2 is 2.14 bits per heavy atom. The van der Waals surface area contributed by atoms with Gasteiger partial charge in [0.2, 0.25) is 0 Å². The van der Waals surface area contributed by atoms with Crippen molar-refractivity contribution in [2.24, 2.45) is 0 Å². The van der Waals surface area contributed by atoms with Gasteiger partial charge in [0.05, 0.1) is 0 Å². The quantitative estimate of drug-likeness (QED) is 0.659. The maximum absolute atomic E-state index is 2.63. The van der Waals surface area contributed by atoms with E-state index in [2.05, 4.69) is 21.3 Å². The fourth-order valence-electron chi connectivity index (χ4n) is 1.76. The minimum atomic E-state index is 0.218. The molecule has 2 heterocycles. The van der Waals surface area contributed by atoms with Gasteiger partial charge in [0, 0.05) is 0 Å². The van der Waals surface area contributed by atoms with Crippen LogP contribution >= 0.6 is 11.8 Å². The molecule has 0 saturated carbocycles. The van der Waals surface area contributed by atoms with Crippen LogP contribution in [0.15, 0.2) is 18.0 Å². The zero-order chi connectivity index (χ0) is 9.80. The van der Waals surface area contributed by atoms with Crippen LogP contribution in [0.25, 0.3) is 0 Å². The number of hydrogen-bond donors (Lipinski definition) is 0. The van der Waals surface area contributed by atoms with E-state index in [1.54, 1.807) is 3.58 Å². The molecule has 3 heteroatoms. The molecule has 0 aliphatic carbocycles. The van der Waals surface area contributed by atoms with E-state index in [0.29, 0.717) is 0 Å². The van der Waals surface area contributed by atoms with Gasteiger partial charge >= 0.3 is 102 Å². The van der Waals surface area contributed by atoms with Crippen molar-refractivity contribution in [3.05, 3.63) is 18.0 Å². The van der Waals surface area contributed by atoms with Crippen LogP contribution in [0, 0.1) is 0 Å². The van der Waals surface area contributed by atoms with Gasteiger partial charge in [-0.2, -0.15) is 0 Å². The molecule has 14 heavy (non-hydrogen) atoms. The van der Waals surface area contributed by atoms with Crippen molar-refractivity contribution in [1.29, 1.82) is 0 Å². The number of rotatable bonds is 2. The number of thioether (sulfide) groups is 1. The van der Waals surface area contributed by atoms with Crippen LogP contribution < -0.4 is 21.2 Å². The van der Waals surface area contributed by atoms with E-state index < -0.39 is 0 Å². The standard InChI is InChI=1S/C11H17INS/c1-10-7-12-11(9-14-10)8-13-5-3-2-4-6-13/h7,9H,2-6,8H2,1H3/q-1. The summed E-state index contributed by atoms with van der Waals surface area (Å²) in [5, 5.41) is 2.40. The van der Waals surface area contributed by atoms with E-state index in [4.69, 9.17) is 0 Å². The molecule has 2 aliphatic heterocycles. The summed E-state index contributed by atoms with van der Waals surface area (Å²) in [4.78, 5) is 4.13. The molecule has 0 unspecified atom stereocenters. The Hall–Kier alpha value is 0.520. The van der Waals surface area contributed by atoms with Crippen molar-refractivity contribution < 1.29 is 21.2 Å². The van der Waals surface area contributed by atoms with E-state index >= 15 is 0 Å². The first-order chi connectivity index (χ1) is 6.84. The molecule has 0 aromatic rings. The van der Waals surface area contributed by atoms with E-state index in [9.17, 15) is 0 Å². The topological polar surface area (TPSA) is 3.24 Å². The van der Waals surface area contributed by atoms with Crippen molar-refractivity contribution >= 4 is 11.8 Å². The number of piperidine rings is 1. The number of nitrogens with zero attached hydrogens (tertiary/aromatic N) is 1. The van der Waals surface area contributed by atoms with Gasteiger partial charge in [0.15, 0.2) is 0 Å². The van der Waals surface area contributed by atoms with Gasteiger partial charge < -0.3 is 0 Å². The van der Waals surface area contributed by atoms with Crippen molar-refractivity contribution in [2.75, 3.05) is 19.6 Å². The maximum atomic E-state index is 2.63. The second-order valence-corrected chi connectivity index (χ2v) is 7.59. The second-order valence-electron chi connectivity index (χ2n) is 3.85. The average Bonchev–Trinajstić information content (AvgIpc) is 2.23. The summed E-state index contributed by atoms with van der Waals surface area (Å²) in [5.41, 5.74) is 0. The van der Waals surface area contributed by atoms with Crippen LogP contribution in [0.1, 0.15) is 26.2 Å². The zero-order valence-corrected chi connectivity index (χ0v) is 11.6. The van der Waals surface area contributed by atoms with Gasteiger partial charge in [-0.15, -0.1) is 0 Å². The molecule has 0 aromatic heterocycles. The van der Waals surface area contributed by atoms with Gasteiger partial charge in [-0.1, -0.05) is 0 Å². The molecule has 1 saturated heterocycles. The molecule has 0 bridgehead atoms. The predicted octanol–water partition coefficient (Wildman–Crippen LogP) is 0.0108. The minimum absolute atomic E-state index is 0.218. The molecule has 0 spiro atoms. The first kappa shape index (κ1) is 11.0. The van der Waals surface area contributed by atoms with Crippen molar-refractivity contribution in [1.82, 2.24) is 4.90 Å². The fraction of sp³-hybridized carbons (Fsp3) is 0.636. The van der Waals surface area contributed by atoms with Crippen LogP contribution in [0.3, 0.4) is 0 Å². The summed E-state index contributed by atoms with van der Waals surface area (Å²) < 4.78 is 4.17. The van der Waals surface area contributed by atoms with Crippen molar-refractivity contribution in [2.45, 2.75) is 26.2 Å². The molecule has 0 atom stereocenters. The van der Waals surface area contributed by atoms with Crippen LogP contribution in [0.4, 0.5) is 0 Å². The van der Waals surface area contributed by atoms with Gasteiger partial charge in [-0.25, -0.2) is 0 Å². The molecule has 2 aliphatic rings. The van der Waals surface area contributed by atoms with Crippen LogP contribution in [-0.4, -0.2) is 24.5 Å². The molecular weight excluding hydrogens is 305 g/mol. The first-order valence-electron chi connectivity index (χ1n) is 5.23. The Labute approximate surface area is 101 Å². The Morgan fingerprint density at radius 1 is 1.36 bits per heavy atom. The summed E-state index contributed by atoms with van der Waals surface area (Å²) in [5.74, 6) is 0. The van der Waals surface area contributed by atoms with Gasteiger partial charge in [-0.05, 0) is 0 Å². The second kappa shape index (κ2) is 5.56. The fourth-order valence-corrected chi connectivity index (χ4v) is 5.33. The number of hydrogen-bond acceptors (Lipinski definition) is 2. The number of likely N-dealkylation sites (tertiary alicyclic amines) is 1. The molecule has 1 nitrogen and oxygen atoms in total. The summed E-state index contributed by atoms with van der Waals surface area (Å²) >= 11 is 2.13. The third-order valence-electron chi connectivity index (χ3n) is 2.54. The Kier molecular flexibility index (Phi) is 4.38. The van der Waals surface area contributed by atoms with E-state index in [1.807, 2.05) is 11.8 Å². The monoisotopic (exact) mass is 322 g/mol. The Bertz CT molecular complexity index is 254. The van der Waals surface area contributed by atoms with Gasteiger partial charge in [0.25, 0.3) is 0 Å². The van der Waals surface area contributed by atoms with Crippen LogP contribution in [0.2, 0.25) is 0 Å². The van der Waals surface area contributed by atoms with Crippen LogP contribution in [-0.2, 0) is 0 Å². The van der Waals surface area contributed by atoms with Crippen molar-refractivity contribution in [3.8, 4) is 0 Å². The first-order valence-corrected chi connectivity index (χ1v) is 8.43. The summed E-state index contributed by atoms with van der Waals surface area (Å²) in [6.07, 6.45) is 4.26. The van der Waals surface area contributed by atoms with Crippen LogP contribution in [0.5, 0.6) is 0 Å². The SMILES string of the molecule is CC1=C[I-]C(CN2CCCCC2)=CS1. The molecule has 80 valence electrons. The summed E-state index contributed by atoms with van der Waals surface area (Å²) in [6.45, 7) is 6.13. The summed E-state index contributed by atoms with van der Waals surface area (Å²) in [7, 11) is 0. The molecule has 0 amide bonds. The Balaban J connectivity index is 1.80. The van der Waals surface area contributed by atoms with E-state index in [-0.39, 0.29) is 21.2 Å². The van der Waals surface area contributed by atoms with Crippen molar-refractivity contribution in [3.63, 3.8) is 0 Å². The molecule has 0 aromatic carbocycles. The molecule has 0 N–H and O–H groups in total. The summed E-state index contributed by atoms with van der Waals surface area (Å²) in [6, 6.07) is 0. The third kappa shape index (κ3) is 3.28. The number of allylic oxidation sites excluding steroid dienone is 1. The molecular formula is C11H17INS-. The van der Waals surface area contributed by atoms with E-state index in [0.717, 1.165) is 0 Å². The predicted molar refractivity (Wildman–Crippen MR) is 59.7 cm³/mol. The Morgan fingerprint density at radius 3 is 2.79 bits per heavy atom. The normalized spacial score (nSPS) is 24.9. The third-order valence-corrected chi connectivity index (χ3v) is 6.98. The molecule has 0 radical (unpaired) electrons. The zero-order valence-electron chi connectivity index (χ0n) is 8.63. The van der Waals surface area contributed by atoms with Gasteiger partial charge in [0.1, 0.15) is 0 Å². The van der Waals surface area contributed by atoms with Gasteiger partial charge in [-0.3, -0.25) is 0 Å². The average molecular weight is 322 g/mol. The number of halogens is 1.